The van der Waals surface area contributed by atoms with E-state index in [1.165, 1.54) is 21.6 Å². The molecule has 1 saturated heterocycles. The molecule has 2 aliphatic carbocycles. The number of carbonyl (C=O) groups is 1. The first-order valence-corrected chi connectivity index (χ1v) is 13.5. The number of nitrogens with zero attached hydrogens (tertiary/aromatic N) is 3. The number of anilines is 2. The van der Waals surface area contributed by atoms with Gasteiger partial charge in [-0.3, -0.25) is 4.68 Å². The molecule has 9 nitrogen and oxygen atoms in total. The van der Waals surface area contributed by atoms with Gasteiger partial charge < -0.3 is 11.5 Å². The molecule has 2 aromatic rings. The molecule has 1 fully saturated rings. The minimum Gasteiger partial charge on any atom is -1.00 e. The molecule has 5 rings (SSSR count). The molecule has 0 bridgehead atoms. The van der Waals surface area contributed by atoms with Crippen LogP contribution in [0.3, 0.4) is 0 Å². The fourth-order valence-corrected chi connectivity index (χ4v) is 7.07. The zero-order valence-electron chi connectivity index (χ0n) is 22.1. The number of hydrogen-bond acceptors (Lipinski definition) is 5. The van der Waals surface area contributed by atoms with Crippen LogP contribution in [0, 0.1) is 0 Å². The summed E-state index contributed by atoms with van der Waals surface area (Å²) in [7, 11) is -2.46. The molecular formula is C24H34N5NaO4S. The number of hydrogen-bond donors (Lipinski definition) is 2. The van der Waals surface area contributed by atoms with E-state index < -0.39 is 21.8 Å². The number of aryl methyl sites for hydroxylation is 3. The van der Waals surface area contributed by atoms with Crippen LogP contribution in [0.1, 0.15) is 63.2 Å². The number of ether oxygens (including phenoxy) is 1. The number of urea groups is 1. The van der Waals surface area contributed by atoms with E-state index >= 15 is 0 Å². The first-order chi connectivity index (χ1) is 16.1. The van der Waals surface area contributed by atoms with E-state index in [1.54, 1.807) is 17.9 Å². The van der Waals surface area contributed by atoms with Crippen LogP contribution in [0.2, 0.25) is 0 Å². The summed E-state index contributed by atoms with van der Waals surface area (Å²) in [5, 5.41) is 7.09. The minimum atomic E-state index is -4.20. The molecule has 11 heteroatoms. The maximum absolute atomic E-state index is 13.6. The van der Waals surface area contributed by atoms with E-state index in [-0.39, 0.29) is 37.0 Å². The van der Waals surface area contributed by atoms with E-state index in [1.807, 2.05) is 13.8 Å². The quantitative estimate of drug-likeness (QED) is 0.564. The molecular weight excluding hydrogens is 477 g/mol. The van der Waals surface area contributed by atoms with Gasteiger partial charge in [-0.05, 0) is 87.5 Å². The fraction of sp³-hybridized carbons (Fsp3) is 0.583. The topological polar surface area (TPSA) is 106 Å². The van der Waals surface area contributed by atoms with E-state index in [0.29, 0.717) is 25.1 Å². The van der Waals surface area contributed by atoms with Crippen LogP contribution >= 0.6 is 0 Å². The molecule has 0 radical (unpaired) electrons. The van der Waals surface area contributed by atoms with Gasteiger partial charge in [0, 0.05) is 25.5 Å². The summed E-state index contributed by atoms with van der Waals surface area (Å²) in [6.07, 6.45) is 10.1. The van der Waals surface area contributed by atoms with Crippen LogP contribution in [0.15, 0.2) is 18.5 Å². The van der Waals surface area contributed by atoms with E-state index in [9.17, 15) is 13.2 Å². The summed E-state index contributed by atoms with van der Waals surface area (Å²) in [6.45, 7) is 4.34. The Morgan fingerprint density at radius 2 is 1.86 bits per heavy atom. The van der Waals surface area contributed by atoms with Crippen molar-refractivity contribution in [3.05, 3.63) is 40.7 Å². The van der Waals surface area contributed by atoms with Crippen molar-refractivity contribution < 1.29 is 48.9 Å². The Morgan fingerprint density at radius 3 is 2.43 bits per heavy atom. The normalized spacial score (nSPS) is 20.5. The van der Waals surface area contributed by atoms with Gasteiger partial charge in [0.1, 0.15) is 0 Å². The SMILES string of the molecule is Cn1cc(N(C2CCOC(C)(C)C2)S(=O)(=O)NC(=O)Nc2c3c(cc4c2CCC4)CCC3)cn1.[H-].[Na+]. The van der Waals surface area contributed by atoms with Crippen LogP contribution < -0.4 is 43.9 Å². The summed E-state index contributed by atoms with van der Waals surface area (Å²) in [5.41, 5.74) is 5.64. The van der Waals surface area contributed by atoms with Gasteiger partial charge in [0.15, 0.2) is 0 Å². The van der Waals surface area contributed by atoms with Gasteiger partial charge >= 0.3 is 45.8 Å². The fourth-order valence-electron chi connectivity index (χ4n) is 5.74. The summed E-state index contributed by atoms with van der Waals surface area (Å²) in [5.74, 6) is 0. The van der Waals surface area contributed by atoms with Crippen molar-refractivity contribution in [3.63, 3.8) is 0 Å². The van der Waals surface area contributed by atoms with Crippen molar-refractivity contribution in [2.75, 3.05) is 16.2 Å². The Hall–Kier alpha value is -1.59. The standard InChI is InChI=1S/C24H33N5O4S.Na.H/c1-24(2)13-18(10-11-33-24)29(19-14-25-28(3)15-19)34(31,32)27-23(30)26-22-20-8-4-6-16(20)12-17-7-5-9-21(17)22;;/h12,14-15,18H,4-11,13H2,1-3H3,(H2,26,27,30);;/q;+1;-1. The van der Waals surface area contributed by atoms with Crippen LogP contribution in [-0.2, 0) is 47.7 Å². The summed E-state index contributed by atoms with van der Waals surface area (Å²) >= 11 is 0. The molecule has 1 aliphatic heterocycles. The second kappa shape index (κ2) is 10.0. The molecule has 2 heterocycles. The van der Waals surface area contributed by atoms with Gasteiger partial charge in [-0.15, -0.1) is 0 Å². The van der Waals surface area contributed by atoms with Crippen molar-refractivity contribution >= 4 is 27.6 Å². The van der Waals surface area contributed by atoms with Crippen molar-refractivity contribution in [2.24, 2.45) is 7.05 Å². The van der Waals surface area contributed by atoms with Gasteiger partial charge in [-0.2, -0.15) is 13.5 Å². The smallest absolute Gasteiger partial charge is 1.00 e. The predicted molar refractivity (Wildman–Crippen MR) is 131 cm³/mol. The third-order valence-electron chi connectivity index (χ3n) is 7.14. The van der Waals surface area contributed by atoms with Gasteiger partial charge in [0.05, 0.1) is 23.5 Å². The van der Waals surface area contributed by atoms with Gasteiger partial charge in [-0.1, -0.05) is 6.07 Å². The zero-order chi connectivity index (χ0) is 24.1. The van der Waals surface area contributed by atoms with Crippen LogP contribution in [-0.4, -0.2) is 42.5 Å². The molecule has 1 aromatic heterocycles. The third kappa shape index (κ3) is 5.41. The number of aromatic nitrogens is 2. The molecule has 0 spiro atoms. The number of amides is 2. The van der Waals surface area contributed by atoms with E-state index in [2.05, 4.69) is 21.2 Å². The second-order valence-corrected chi connectivity index (χ2v) is 11.8. The maximum atomic E-state index is 13.6. The van der Waals surface area contributed by atoms with Gasteiger partial charge in [-0.25, -0.2) is 13.8 Å². The first kappa shape index (κ1) is 26.5. The number of carbonyl (C=O) groups excluding carboxylic acids is 1. The molecule has 186 valence electrons. The number of benzene rings is 1. The van der Waals surface area contributed by atoms with Crippen molar-refractivity contribution in [1.29, 1.82) is 0 Å². The second-order valence-electron chi connectivity index (χ2n) is 10.2. The summed E-state index contributed by atoms with van der Waals surface area (Å²) in [6, 6.07) is 1.19. The Labute approximate surface area is 230 Å². The first-order valence-electron chi connectivity index (χ1n) is 12.1. The van der Waals surface area contributed by atoms with Crippen molar-refractivity contribution in [3.8, 4) is 0 Å². The molecule has 3 aliphatic rings. The summed E-state index contributed by atoms with van der Waals surface area (Å²) < 4.78 is 38.1. The number of nitrogens with one attached hydrogen (secondary N) is 2. The Morgan fingerprint density at radius 1 is 1.20 bits per heavy atom. The number of fused-ring (bicyclic) bond motifs is 2. The molecule has 1 unspecified atom stereocenters. The average Bonchev–Trinajstić information content (AvgIpc) is 3.47. The predicted octanol–water partition coefficient (Wildman–Crippen LogP) is 0.345. The Balaban J connectivity index is 0.00000180. The molecule has 1 aromatic carbocycles. The largest absolute Gasteiger partial charge is 1.00 e. The van der Waals surface area contributed by atoms with Crippen LogP contribution in [0.25, 0.3) is 0 Å². The zero-order valence-corrected chi connectivity index (χ0v) is 23.9. The van der Waals surface area contributed by atoms with Gasteiger partial charge in [0.2, 0.25) is 0 Å². The maximum Gasteiger partial charge on any atom is 1.00 e. The van der Waals surface area contributed by atoms with E-state index in [4.69, 9.17) is 4.74 Å². The Kier molecular flexibility index (Phi) is 7.60. The van der Waals surface area contributed by atoms with Gasteiger partial charge in [0.25, 0.3) is 0 Å². The molecule has 0 saturated carbocycles. The molecule has 2 amide bonds. The monoisotopic (exact) mass is 511 g/mol. The van der Waals surface area contributed by atoms with Crippen molar-refractivity contribution in [2.45, 2.75) is 76.9 Å². The molecule has 2 N–H and O–H groups in total. The van der Waals surface area contributed by atoms with E-state index in [0.717, 1.165) is 55.3 Å². The van der Waals surface area contributed by atoms with Crippen molar-refractivity contribution in [1.82, 2.24) is 14.5 Å². The molecule has 35 heavy (non-hydrogen) atoms. The minimum absolute atomic E-state index is 0. The van der Waals surface area contributed by atoms with Crippen LogP contribution in [0.4, 0.5) is 16.2 Å². The Bertz CT molecular complexity index is 1200. The summed E-state index contributed by atoms with van der Waals surface area (Å²) in [4.78, 5) is 13.1. The average molecular weight is 512 g/mol. The third-order valence-corrected chi connectivity index (χ3v) is 8.61. The van der Waals surface area contributed by atoms with Crippen LogP contribution in [0.5, 0.6) is 0 Å². The molecule has 1 atom stereocenters. The number of rotatable bonds is 5.